The van der Waals surface area contributed by atoms with Gasteiger partial charge in [0, 0.05) is 18.3 Å². The van der Waals surface area contributed by atoms with Gasteiger partial charge in [-0.05, 0) is 31.9 Å². The molecule has 0 unspecified atom stereocenters. The van der Waals surface area contributed by atoms with Crippen molar-refractivity contribution in [2.75, 3.05) is 5.73 Å². The molecule has 0 saturated heterocycles. The van der Waals surface area contributed by atoms with Crippen LogP contribution in [0.3, 0.4) is 0 Å². The molecule has 2 aromatic rings. The highest BCUT2D eigenvalue weighted by atomic mass is 15.1. The van der Waals surface area contributed by atoms with Crippen molar-refractivity contribution in [1.82, 2.24) is 9.55 Å². The molecule has 0 aliphatic rings. The van der Waals surface area contributed by atoms with Crippen LogP contribution in [0.1, 0.15) is 37.3 Å². The molecule has 19 heavy (non-hydrogen) atoms. The zero-order valence-electron chi connectivity index (χ0n) is 12.1. The largest absolute Gasteiger partial charge is 0.369 e. The maximum atomic E-state index is 6.00. The van der Waals surface area contributed by atoms with Crippen molar-refractivity contribution < 1.29 is 0 Å². The minimum absolute atomic E-state index is 0.618. The van der Waals surface area contributed by atoms with Gasteiger partial charge < -0.3 is 10.3 Å². The summed E-state index contributed by atoms with van der Waals surface area (Å²) in [7, 11) is 0. The van der Waals surface area contributed by atoms with Gasteiger partial charge in [0.05, 0.1) is 5.69 Å². The summed E-state index contributed by atoms with van der Waals surface area (Å²) in [6.07, 6.45) is 5.69. The van der Waals surface area contributed by atoms with Gasteiger partial charge in [-0.25, -0.2) is 4.98 Å². The molecular weight excluding hydrogens is 234 g/mol. The fraction of sp³-hybridized carbons (Fsp3) is 0.438. The Hall–Kier alpha value is -1.77. The first-order chi connectivity index (χ1) is 9.11. The Bertz CT molecular complexity index is 555. The van der Waals surface area contributed by atoms with E-state index in [1.165, 1.54) is 29.5 Å². The van der Waals surface area contributed by atoms with Gasteiger partial charge in [0.25, 0.3) is 0 Å². The maximum Gasteiger partial charge on any atom is 0.200 e. The van der Waals surface area contributed by atoms with E-state index < -0.39 is 0 Å². The minimum Gasteiger partial charge on any atom is -0.369 e. The van der Waals surface area contributed by atoms with Crippen molar-refractivity contribution in [1.29, 1.82) is 0 Å². The Balaban J connectivity index is 2.26. The van der Waals surface area contributed by atoms with Crippen molar-refractivity contribution >= 4 is 5.95 Å². The summed E-state index contributed by atoms with van der Waals surface area (Å²) in [5.74, 6) is 0.618. The van der Waals surface area contributed by atoms with E-state index >= 15 is 0 Å². The number of nitrogens with zero attached hydrogens (tertiary/aromatic N) is 2. The molecule has 0 fully saturated rings. The maximum absolute atomic E-state index is 6.00. The Morgan fingerprint density at radius 1 is 1.21 bits per heavy atom. The molecule has 0 aliphatic carbocycles. The monoisotopic (exact) mass is 257 g/mol. The third-order valence-electron chi connectivity index (χ3n) is 3.48. The molecule has 0 aliphatic heterocycles. The molecule has 0 spiro atoms. The van der Waals surface area contributed by atoms with Gasteiger partial charge in [0.15, 0.2) is 0 Å². The Kier molecular flexibility index (Phi) is 4.25. The number of aromatic nitrogens is 2. The smallest absolute Gasteiger partial charge is 0.200 e. The van der Waals surface area contributed by atoms with Crippen LogP contribution >= 0.6 is 0 Å². The van der Waals surface area contributed by atoms with Crippen LogP contribution in [0.15, 0.2) is 24.4 Å². The molecular formula is C16H23N3. The van der Waals surface area contributed by atoms with Gasteiger partial charge in [-0.15, -0.1) is 0 Å². The van der Waals surface area contributed by atoms with Crippen LogP contribution in [0, 0.1) is 13.8 Å². The molecule has 3 heteroatoms. The summed E-state index contributed by atoms with van der Waals surface area (Å²) < 4.78 is 2.06. The standard InChI is InChI=1S/C16H23N3/c1-4-5-6-9-19-11-15(18-16(19)17)14-10-12(2)7-8-13(14)3/h7-8,10-11H,4-6,9H2,1-3H3,(H2,17,18). The van der Waals surface area contributed by atoms with Crippen molar-refractivity contribution in [2.24, 2.45) is 0 Å². The lowest BCUT2D eigenvalue weighted by atomic mass is 10.0. The number of nitrogens with two attached hydrogens (primary N) is 1. The van der Waals surface area contributed by atoms with Crippen molar-refractivity contribution in [3.63, 3.8) is 0 Å². The van der Waals surface area contributed by atoms with Gasteiger partial charge in [-0.1, -0.05) is 37.5 Å². The summed E-state index contributed by atoms with van der Waals surface area (Å²) in [5, 5.41) is 0. The first-order valence-corrected chi connectivity index (χ1v) is 7.02. The number of hydrogen-bond donors (Lipinski definition) is 1. The molecule has 0 radical (unpaired) electrons. The molecule has 1 heterocycles. The number of hydrogen-bond acceptors (Lipinski definition) is 2. The lowest BCUT2D eigenvalue weighted by Gasteiger charge is -2.04. The average molecular weight is 257 g/mol. The highest BCUT2D eigenvalue weighted by Gasteiger charge is 2.09. The second-order valence-electron chi connectivity index (χ2n) is 5.20. The third kappa shape index (κ3) is 3.16. The van der Waals surface area contributed by atoms with Gasteiger partial charge in [-0.3, -0.25) is 0 Å². The zero-order valence-corrected chi connectivity index (χ0v) is 12.1. The summed E-state index contributed by atoms with van der Waals surface area (Å²) >= 11 is 0. The first kappa shape index (κ1) is 13.7. The molecule has 0 saturated carbocycles. The van der Waals surface area contributed by atoms with E-state index in [-0.39, 0.29) is 0 Å². The van der Waals surface area contributed by atoms with E-state index in [2.05, 4.69) is 54.7 Å². The molecule has 1 aromatic heterocycles. The fourth-order valence-electron chi connectivity index (χ4n) is 2.28. The molecule has 0 atom stereocenters. The average Bonchev–Trinajstić information content (AvgIpc) is 2.74. The summed E-state index contributed by atoms with van der Waals surface area (Å²) in [5.41, 5.74) is 10.7. The zero-order chi connectivity index (χ0) is 13.8. The van der Waals surface area contributed by atoms with Crippen molar-refractivity contribution in [3.8, 4) is 11.3 Å². The lowest BCUT2D eigenvalue weighted by Crippen LogP contribution is -2.02. The van der Waals surface area contributed by atoms with E-state index in [9.17, 15) is 0 Å². The Labute approximate surface area is 115 Å². The predicted molar refractivity (Wildman–Crippen MR) is 81.1 cm³/mol. The van der Waals surface area contributed by atoms with Gasteiger partial charge >= 0.3 is 0 Å². The van der Waals surface area contributed by atoms with Crippen LogP contribution in [0.4, 0.5) is 5.95 Å². The lowest BCUT2D eigenvalue weighted by molar-refractivity contribution is 0.608. The second-order valence-corrected chi connectivity index (χ2v) is 5.20. The molecule has 2 rings (SSSR count). The Morgan fingerprint density at radius 3 is 2.74 bits per heavy atom. The van der Waals surface area contributed by atoms with E-state index in [0.29, 0.717) is 5.95 Å². The summed E-state index contributed by atoms with van der Waals surface area (Å²) in [6, 6.07) is 6.44. The normalized spacial score (nSPS) is 10.9. The molecule has 3 nitrogen and oxygen atoms in total. The topological polar surface area (TPSA) is 43.8 Å². The number of imidazole rings is 1. The number of nitrogen functional groups attached to an aromatic ring is 1. The molecule has 102 valence electrons. The molecule has 0 amide bonds. The number of rotatable bonds is 5. The van der Waals surface area contributed by atoms with E-state index in [0.717, 1.165) is 18.7 Å². The van der Waals surface area contributed by atoms with Crippen LogP contribution in [-0.4, -0.2) is 9.55 Å². The van der Waals surface area contributed by atoms with E-state index in [4.69, 9.17) is 5.73 Å². The number of benzene rings is 1. The van der Waals surface area contributed by atoms with Crippen molar-refractivity contribution in [2.45, 2.75) is 46.6 Å². The SMILES string of the molecule is CCCCCn1cc(-c2cc(C)ccc2C)nc1N. The predicted octanol–water partition coefficient (Wildman–Crippen LogP) is 3.94. The van der Waals surface area contributed by atoms with Gasteiger partial charge in [0.1, 0.15) is 0 Å². The molecule has 0 bridgehead atoms. The van der Waals surface area contributed by atoms with Crippen molar-refractivity contribution in [3.05, 3.63) is 35.5 Å². The van der Waals surface area contributed by atoms with Gasteiger partial charge in [-0.2, -0.15) is 0 Å². The fourth-order valence-corrected chi connectivity index (χ4v) is 2.28. The minimum atomic E-state index is 0.618. The third-order valence-corrected chi connectivity index (χ3v) is 3.48. The van der Waals surface area contributed by atoms with E-state index in [1.807, 2.05) is 0 Å². The summed E-state index contributed by atoms with van der Waals surface area (Å²) in [6.45, 7) is 7.38. The highest BCUT2D eigenvalue weighted by Crippen LogP contribution is 2.24. The number of aryl methyl sites for hydroxylation is 3. The quantitative estimate of drug-likeness (QED) is 0.824. The number of anilines is 1. The van der Waals surface area contributed by atoms with E-state index in [1.54, 1.807) is 0 Å². The first-order valence-electron chi connectivity index (χ1n) is 7.02. The molecule has 2 N–H and O–H groups in total. The highest BCUT2D eigenvalue weighted by molar-refractivity contribution is 5.65. The van der Waals surface area contributed by atoms with Crippen LogP contribution in [0.2, 0.25) is 0 Å². The number of unbranched alkanes of at least 4 members (excludes halogenated alkanes) is 2. The second kappa shape index (κ2) is 5.91. The van der Waals surface area contributed by atoms with Crippen LogP contribution in [-0.2, 0) is 6.54 Å². The van der Waals surface area contributed by atoms with Crippen LogP contribution in [0.5, 0.6) is 0 Å². The van der Waals surface area contributed by atoms with Gasteiger partial charge in [0.2, 0.25) is 5.95 Å². The molecule has 1 aromatic carbocycles. The van der Waals surface area contributed by atoms with Crippen LogP contribution < -0.4 is 5.73 Å². The Morgan fingerprint density at radius 2 is 2.00 bits per heavy atom. The summed E-state index contributed by atoms with van der Waals surface area (Å²) in [4.78, 5) is 4.50. The van der Waals surface area contributed by atoms with Crippen LogP contribution in [0.25, 0.3) is 11.3 Å².